The van der Waals surface area contributed by atoms with E-state index in [1.54, 1.807) is 26.4 Å². The molecule has 0 bridgehead atoms. The number of nitrogens with zero attached hydrogens (tertiary/aromatic N) is 2. The predicted octanol–water partition coefficient (Wildman–Crippen LogP) is 2.42. The molecule has 0 spiro atoms. The van der Waals surface area contributed by atoms with Gasteiger partial charge in [0, 0.05) is 31.3 Å². The molecule has 2 aromatic rings. The Balaban J connectivity index is 1.65. The van der Waals surface area contributed by atoms with Gasteiger partial charge in [-0.2, -0.15) is 0 Å². The van der Waals surface area contributed by atoms with Crippen molar-refractivity contribution in [3.8, 4) is 11.5 Å². The Bertz CT molecular complexity index is 912. The first-order valence-corrected chi connectivity index (χ1v) is 9.63. The van der Waals surface area contributed by atoms with E-state index in [1.807, 2.05) is 23.1 Å². The van der Waals surface area contributed by atoms with Crippen molar-refractivity contribution in [1.29, 1.82) is 0 Å². The van der Waals surface area contributed by atoms with Gasteiger partial charge < -0.3 is 24.4 Å². The van der Waals surface area contributed by atoms with E-state index in [9.17, 15) is 14.9 Å². The predicted molar refractivity (Wildman–Crippen MR) is 112 cm³/mol. The van der Waals surface area contributed by atoms with Crippen LogP contribution in [0.4, 0.5) is 11.4 Å². The average molecular weight is 415 g/mol. The monoisotopic (exact) mass is 415 g/mol. The molecule has 9 nitrogen and oxygen atoms in total. The number of amides is 1. The SMILES string of the molecule is COc1ccc(CCNC(=O)c2ccc(N3CCOCC3)c([N+](=O)[O-])c2)cc1OC. The van der Waals surface area contributed by atoms with E-state index in [4.69, 9.17) is 14.2 Å². The molecular weight excluding hydrogens is 390 g/mol. The van der Waals surface area contributed by atoms with Crippen LogP contribution in [0.15, 0.2) is 36.4 Å². The van der Waals surface area contributed by atoms with Gasteiger partial charge >= 0.3 is 0 Å². The number of hydrogen-bond donors (Lipinski definition) is 1. The maximum Gasteiger partial charge on any atom is 0.293 e. The molecule has 2 aromatic carbocycles. The van der Waals surface area contributed by atoms with Crippen LogP contribution in [0.3, 0.4) is 0 Å². The van der Waals surface area contributed by atoms with E-state index in [-0.39, 0.29) is 17.2 Å². The minimum absolute atomic E-state index is 0.0792. The molecule has 1 saturated heterocycles. The van der Waals surface area contributed by atoms with E-state index in [1.165, 1.54) is 6.07 Å². The van der Waals surface area contributed by atoms with Crippen LogP contribution in [0.1, 0.15) is 15.9 Å². The maximum atomic E-state index is 12.5. The first-order valence-electron chi connectivity index (χ1n) is 9.63. The van der Waals surface area contributed by atoms with Crippen LogP contribution >= 0.6 is 0 Å². The maximum absolute atomic E-state index is 12.5. The third kappa shape index (κ3) is 4.98. The Labute approximate surface area is 174 Å². The lowest BCUT2D eigenvalue weighted by Gasteiger charge is -2.28. The Hall–Kier alpha value is -3.33. The van der Waals surface area contributed by atoms with E-state index < -0.39 is 4.92 Å². The van der Waals surface area contributed by atoms with Crippen LogP contribution in [0.25, 0.3) is 0 Å². The Morgan fingerprint density at radius 2 is 1.87 bits per heavy atom. The minimum atomic E-state index is -0.453. The minimum Gasteiger partial charge on any atom is -0.493 e. The highest BCUT2D eigenvalue weighted by atomic mass is 16.6. The van der Waals surface area contributed by atoms with Crippen LogP contribution < -0.4 is 19.7 Å². The molecule has 0 radical (unpaired) electrons. The number of nitrogens with one attached hydrogen (secondary N) is 1. The number of rotatable bonds is 8. The van der Waals surface area contributed by atoms with Crippen molar-refractivity contribution >= 4 is 17.3 Å². The number of morpholine rings is 1. The Kier molecular flexibility index (Phi) is 7.08. The van der Waals surface area contributed by atoms with E-state index in [0.717, 1.165) is 5.56 Å². The molecule has 0 aliphatic carbocycles. The Morgan fingerprint density at radius 3 is 2.53 bits per heavy atom. The van der Waals surface area contributed by atoms with E-state index in [2.05, 4.69) is 5.32 Å². The molecule has 1 fully saturated rings. The highest BCUT2D eigenvalue weighted by Gasteiger charge is 2.23. The third-order valence-electron chi connectivity index (χ3n) is 4.93. The van der Waals surface area contributed by atoms with Gasteiger partial charge in [0.2, 0.25) is 0 Å². The summed E-state index contributed by atoms with van der Waals surface area (Å²) in [5.41, 5.74) is 1.65. The average Bonchev–Trinajstić information content (AvgIpc) is 2.79. The van der Waals surface area contributed by atoms with E-state index >= 15 is 0 Å². The lowest BCUT2D eigenvalue weighted by Crippen LogP contribution is -2.36. The smallest absolute Gasteiger partial charge is 0.293 e. The van der Waals surface area contributed by atoms with Crippen LogP contribution in [0.5, 0.6) is 11.5 Å². The van der Waals surface area contributed by atoms with Crippen molar-refractivity contribution in [2.75, 3.05) is 52.0 Å². The highest BCUT2D eigenvalue weighted by Crippen LogP contribution is 2.30. The van der Waals surface area contributed by atoms with Crippen LogP contribution in [0.2, 0.25) is 0 Å². The van der Waals surface area contributed by atoms with Crippen LogP contribution in [-0.2, 0) is 11.2 Å². The molecule has 160 valence electrons. The lowest BCUT2D eigenvalue weighted by molar-refractivity contribution is -0.384. The fraction of sp³-hybridized carbons (Fsp3) is 0.381. The second-order valence-corrected chi connectivity index (χ2v) is 6.76. The topological polar surface area (TPSA) is 103 Å². The summed E-state index contributed by atoms with van der Waals surface area (Å²) in [5.74, 6) is 0.903. The third-order valence-corrected chi connectivity index (χ3v) is 4.93. The Morgan fingerprint density at radius 1 is 1.13 bits per heavy atom. The van der Waals surface area contributed by atoms with Crippen molar-refractivity contribution in [1.82, 2.24) is 5.32 Å². The zero-order chi connectivity index (χ0) is 21.5. The first-order chi connectivity index (χ1) is 14.5. The molecule has 30 heavy (non-hydrogen) atoms. The second kappa shape index (κ2) is 9.93. The zero-order valence-corrected chi connectivity index (χ0v) is 17.1. The molecule has 1 aliphatic heterocycles. The summed E-state index contributed by atoms with van der Waals surface area (Å²) >= 11 is 0. The van der Waals surface area contributed by atoms with E-state index in [0.29, 0.717) is 56.5 Å². The van der Waals surface area contributed by atoms with Gasteiger partial charge in [-0.15, -0.1) is 0 Å². The fourth-order valence-corrected chi connectivity index (χ4v) is 3.34. The zero-order valence-electron chi connectivity index (χ0n) is 17.1. The van der Waals surface area contributed by atoms with Gasteiger partial charge in [-0.1, -0.05) is 6.07 Å². The molecule has 0 aromatic heterocycles. The molecule has 1 aliphatic rings. The fourth-order valence-electron chi connectivity index (χ4n) is 3.34. The normalized spacial score (nSPS) is 13.6. The summed E-state index contributed by atoms with van der Waals surface area (Å²) in [5, 5.41) is 14.4. The molecule has 0 saturated carbocycles. The summed E-state index contributed by atoms with van der Waals surface area (Å²) in [6.45, 7) is 2.59. The number of benzene rings is 2. The van der Waals surface area contributed by atoms with Gasteiger partial charge in [0.1, 0.15) is 5.69 Å². The standard InChI is InChI=1S/C21H25N3O6/c1-28-19-6-3-15(13-20(19)29-2)7-8-22-21(25)16-4-5-17(18(14-16)24(26)27)23-9-11-30-12-10-23/h3-6,13-14H,7-12H2,1-2H3,(H,22,25). The van der Waals surface area contributed by atoms with Crippen molar-refractivity contribution in [3.05, 3.63) is 57.6 Å². The summed E-state index contributed by atoms with van der Waals surface area (Å²) < 4.78 is 15.8. The summed E-state index contributed by atoms with van der Waals surface area (Å²) in [6.07, 6.45) is 0.583. The van der Waals surface area contributed by atoms with Gasteiger partial charge in [-0.25, -0.2) is 0 Å². The molecule has 0 unspecified atom stereocenters. The number of nitro groups is 1. The van der Waals surface area contributed by atoms with Crippen molar-refractivity contribution in [2.45, 2.75) is 6.42 Å². The van der Waals surface area contributed by atoms with Gasteiger partial charge in [-0.3, -0.25) is 14.9 Å². The molecule has 1 N–H and O–H groups in total. The van der Waals surface area contributed by atoms with Gasteiger partial charge in [0.15, 0.2) is 11.5 Å². The number of carbonyl (C=O) groups excluding carboxylic acids is 1. The number of nitro benzene ring substituents is 1. The number of carbonyl (C=O) groups is 1. The summed E-state index contributed by atoms with van der Waals surface area (Å²) in [6, 6.07) is 10.1. The van der Waals surface area contributed by atoms with Crippen LogP contribution in [0, 0.1) is 10.1 Å². The van der Waals surface area contributed by atoms with Crippen molar-refractivity contribution in [2.24, 2.45) is 0 Å². The molecule has 9 heteroatoms. The van der Waals surface area contributed by atoms with Crippen molar-refractivity contribution < 1.29 is 23.9 Å². The number of ether oxygens (including phenoxy) is 3. The summed E-state index contributed by atoms with van der Waals surface area (Å²) in [4.78, 5) is 25.5. The van der Waals surface area contributed by atoms with Crippen molar-refractivity contribution in [3.63, 3.8) is 0 Å². The highest BCUT2D eigenvalue weighted by molar-refractivity contribution is 5.95. The summed E-state index contributed by atoms with van der Waals surface area (Å²) in [7, 11) is 3.14. The lowest BCUT2D eigenvalue weighted by atomic mass is 10.1. The molecule has 1 amide bonds. The van der Waals surface area contributed by atoms with Gasteiger partial charge in [0.25, 0.3) is 11.6 Å². The number of anilines is 1. The molecule has 3 rings (SSSR count). The first kappa shape index (κ1) is 21.4. The number of methoxy groups -OCH3 is 2. The molecular formula is C21H25N3O6. The molecule has 0 atom stereocenters. The van der Waals surface area contributed by atoms with Crippen LogP contribution in [-0.4, -0.2) is 57.9 Å². The second-order valence-electron chi connectivity index (χ2n) is 6.76. The number of hydrogen-bond acceptors (Lipinski definition) is 7. The van der Waals surface area contributed by atoms with Gasteiger partial charge in [-0.05, 0) is 36.2 Å². The molecule has 1 heterocycles. The largest absolute Gasteiger partial charge is 0.493 e. The van der Waals surface area contributed by atoms with Gasteiger partial charge in [0.05, 0.1) is 32.4 Å². The quantitative estimate of drug-likeness (QED) is 0.522.